The summed E-state index contributed by atoms with van der Waals surface area (Å²) >= 11 is 0. The first-order valence-corrected chi connectivity index (χ1v) is 7.85. The Kier molecular flexibility index (Phi) is 7.51. The Morgan fingerprint density at radius 3 is 2.40 bits per heavy atom. The van der Waals surface area contributed by atoms with Gasteiger partial charge in [-0.3, -0.25) is 19.7 Å². The van der Waals surface area contributed by atoms with Gasteiger partial charge in [-0.25, -0.2) is 4.79 Å². The fraction of sp³-hybridized carbons (Fsp3) is 0.438. The average molecular weight is 351 g/mol. The van der Waals surface area contributed by atoms with Crippen LogP contribution in [-0.2, 0) is 9.53 Å². The van der Waals surface area contributed by atoms with Crippen molar-refractivity contribution in [2.45, 2.75) is 33.2 Å². The molecule has 0 aliphatic carbocycles. The van der Waals surface area contributed by atoms with Crippen LogP contribution in [0.1, 0.15) is 47.9 Å². The first-order valence-electron chi connectivity index (χ1n) is 7.85. The van der Waals surface area contributed by atoms with Crippen LogP contribution in [0.25, 0.3) is 0 Å². The van der Waals surface area contributed by atoms with Gasteiger partial charge in [0.25, 0.3) is 11.6 Å². The Hall–Kier alpha value is -2.97. The van der Waals surface area contributed by atoms with Crippen molar-refractivity contribution in [1.82, 2.24) is 10.6 Å². The van der Waals surface area contributed by atoms with E-state index in [0.29, 0.717) is 6.54 Å². The lowest BCUT2D eigenvalue weighted by molar-refractivity contribution is -0.384. The molecular formula is C16H21N3O6. The fourth-order valence-corrected chi connectivity index (χ4v) is 1.93. The maximum atomic E-state index is 12.3. The smallest absolute Gasteiger partial charge is 0.338 e. The summed E-state index contributed by atoms with van der Waals surface area (Å²) in [5, 5.41) is 16.1. The molecule has 0 heterocycles. The number of nitro groups is 1. The molecule has 136 valence electrons. The first-order chi connectivity index (χ1) is 11.8. The van der Waals surface area contributed by atoms with E-state index in [4.69, 9.17) is 4.74 Å². The van der Waals surface area contributed by atoms with E-state index in [1.807, 2.05) is 6.92 Å². The summed E-state index contributed by atoms with van der Waals surface area (Å²) in [4.78, 5) is 46.2. The molecule has 9 nitrogen and oxygen atoms in total. The Morgan fingerprint density at radius 2 is 1.84 bits per heavy atom. The van der Waals surface area contributed by atoms with E-state index >= 15 is 0 Å². The largest absolute Gasteiger partial charge is 0.462 e. The van der Waals surface area contributed by atoms with E-state index < -0.39 is 28.5 Å². The lowest BCUT2D eigenvalue weighted by atomic mass is 10.1. The fourth-order valence-electron chi connectivity index (χ4n) is 1.93. The molecule has 1 unspecified atom stereocenters. The van der Waals surface area contributed by atoms with E-state index in [0.717, 1.165) is 18.6 Å². The molecular weight excluding hydrogens is 330 g/mol. The summed E-state index contributed by atoms with van der Waals surface area (Å²) in [5.74, 6) is -1.84. The molecule has 0 aliphatic rings. The summed E-state index contributed by atoms with van der Waals surface area (Å²) in [6.45, 7) is 5.55. The predicted octanol–water partition coefficient (Wildman–Crippen LogP) is 1.42. The molecule has 0 aliphatic heterocycles. The second-order valence-electron chi connectivity index (χ2n) is 5.23. The molecule has 2 amide bonds. The molecule has 0 bridgehead atoms. The maximum Gasteiger partial charge on any atom is 0.338 e. The molecule has 0 saturated carbocycles. The van der Waals surface area contributed by atoms with Crippen LogP contribution < -0.4 is 10.6 Å². The van der Waals surface area contributed by atoms with Gasteiger partial charge in [0.2, 0.25) is 5.91 Å². The van der Waals surface area contributed by atoms with Crippen molar-refractivity contribution in [2.24, 2.45) is 0 Å². The Morgan fingerprint density at radius 1 is 1.20 bits per heavy atom. The quantitative estimate of drug-likeness (QED) is 0.414. The van der Waals surface area contributed by atoms with Gasteiger partial charge in [-0.05, 0) is 26.3 Å². The number of nitro benzene ring substituents is 1. The van der Waals surface area contributed by atoms with Gasteiger partial charge in [0, 0.05) is 24.2 Å². The van der Waals surface area contributed by atoms with Gasteiger partial charge in [-0.2, -0.15) is 0 Å². The van der Waals surface area contributed by atoms with Crippen LogP contribution in [0.15, 0.2) is 18.2 Å². The van der Waals surface area contributed by atoms with Gasteiger partial charge in [0.05, 0.1) is 17.1 Å². The summed E-state index contributed by atoms with van der Waals surface area (Å²) in [5.41, 5.74) is -0.629. The molecule has 1 atom stereocenters. The second-order valence-corrected chi connectivity index (χ2v) is 5.23. The third kappa shape index (κ3) is 5.87. The molecule has 2 N–H and O–H groups in total. The van der Waals surface area contributed by atoms with Crippen LogP contribution in [-0.4, -0.2) is 41.9 Å². The lowest BCUT2D eigenvalue weighted by Gasteiger charge is -2.14. The number of rotatable bonds is 8. The number of non-ortho nitro benzene ring substituents is 1. The molecule has 0 radical (unpaired) electrons. The maximum absolute atomic E-state index is 12.3. The predicted molar refractivity (Wildman–Crippen MR) is 89.3 cm³/mol. The number of hydrogen-bond acceptors (Lipinski definition) is 6. The normalized spacial score (nSPS) is 11.3. The number of ether oxygens (including phenoxy) is 1. The van der Waals surface area contributed by atoms with E-state index in [-0.39, 0.29) is 23.6 Å². The third-order valence-electron chi connectivity index (χ3n) is 3.19. The number of nitrogens with zero attached hydrogens (tertiary/aromatic N) is 1. The number of benzene rings is 1. The molecule has 0 saturated heterocycles. The van der Waals surface area contributed by atoms with Crippen molar-refractivity contribution in [3.63, 3.8) is 0 Å². The molecule has 25 heavy (non-hydrogen) atoms. The number of amides is 2. The minimum atomic E-state index is -0.829. The highest BCUT2D eigenvalue weighted by atomic mass is 16.6. The Bertz CT molecular complexity index is 674. The van der Waals surface area contributed by atoms with Crippen molar-refractivity contribution in [3.8, 4) is 0 Å². The van der Waals surface area contributed by atoms with Gasteiger partial charge in [-0.15, -0.1) is 0 Å². The molecule has 0 spiro atoms. The molecule has 1 rings (SSSR count). The summed E-state index contributed by atoms with van der Waals surface area (Å²) in [7, 11) is 0. The summed E-state index contributed by atoms with van der Waals surface area (Å²) < 4.78 is 4.80. The Labute approximate surface area is 144 Å². The second kappa shape index (κ2) is 9.36. The van der Waals surface area contributed by atoms with Crippen molar-refractivity contribution >= 4 is 23.5 Å². The van der Waals surface area contributed by atoms with Crippen LogP contribution >= 0.6 is 0 Å². The topological polar surface area (TPSA) is 128 Å². The van der Waals surface area contributed by atoms with Gasteiger partial charge < -0.3 is 15.4 Å². The SMILES string of the molecule is CCCNC(=O)C(C)NC(=O)c1cc(C(=O)OCC)cc([N+](=O)[O-])c1. The number of carbonyl (C=O) groups is 3. The number of carbonyl (C=O) groups excluding carboxylic acids is 3. The minimum absolute atomic E-state index is 0.0949. The zero-order valence-corrected chi connectivity index (χ0v) is 14.3. The van der Waals surface area contributed by atoms with Gasteiger partial charge in [-0.1, -0.05) is 6.92 Å². The Balaban J connectivity index is 3.02. The van der Waals surface area contributed by atoms with Crippen LogP contribution in [0.2, 0.25) is 0 Å². The average Bonchev–Trinajstić information content (AvgIpc) is 2.59. The zero-order valence-electron chi connectivity index (χ0n) is 14.3. The molecule has 0 aromatic heterocycles. The van der Waals surface area contributed by atoms with Gasteiger partial charge in [0.15, 0.2) is 0 Å². The number of esters is 1. The minimum Gasteiger partial charge on any atom is -0.462 e. The van der Waals surface area contributed by atoms with E-state index in [2.05, 4.69) is 10.6 Å². The monoisotopic (exact) mass is 351 g/mol. The highest BCUT2D eigenvalue weighted by molar-refractivity contribution is 6.00. The van der Waals surface area contributed by atoms with Crippen LogP contribution in [0.5, 0.6) is 0 Å². The van der Waals surface area contributed by atoms with Gasteiger partial charge in [0.1, 0.15) is 6.04 Å². The van der Waals surface area contributed by atoms with E-state index in [1.165, 1.54) is 13.0 Å². The third-order valence-corrected chi connectivity index (χ3v) is 3.19. The summed E-state index contributed by atoms with van der Waals surface area (Å²) in [6, 6.07) is 2.43. The van der Waals surface area contributed by atoms with E-state index in [1.54, 1.807) is 6.92 Å². The van der Waals surface area contributed by atoms with Crippen LogP contribution in [0, 0.1) is 10.1 Å². The lowest BCUT2D eigenvalue weighted by Crippen LogP contribution is -2.45. The van der Waals surface area contributed by atoms with Crippen LogP contribution in [0.3, 0.4) is 0 Å². The molecule has 1 aromatic carbocycles. The summed E-state index contributed by atoms with van der Waals surface area (Å²) in [6.07, 6.45) is 0.750. The zero-order chi connectivity index (χ0) is 19.0. The van der Waals surface area contributed by atoms with Crippen molar-refractivity contribution in [2.75, 3.05) is 13.2 Å². The van der Waals surface area contributed by atoms with Crippen molar-refractivity contribution in [1.29, 1.82) is 0 Å². The van der Waals surface area contributed by atoms with E-state index in [9.17, 15) is 24.5 Å². The number of nitrogens with one attached hydrogen (secondary N) is 2. The highest BCUT2D eigenvalue weighted by Gasteiger charge is 2.21. The molecule has 9 heteroatoms. The molecule has 1 aromatic rings. The number of hydrogen-bond donors (Lipinski definition) is 2. The first kappa shape index (κ1) is 20.1. The van der Waals surface area contributed by atoms with Crippen molar-refractivity contribution in [3.05, 3.63) is 39.4 Å². The van der Waals surface area contributed by atoms with Crippen LogP contribution in [0.4, 0.5) is 5.69 Å². The van der Waals surface area contributed by atoms with Crippen molar-refractivity contribution < 1.29 is 24.0 Å². The van der Waals surface area contributed by atoms with Gasteiger partial charge >= 0.3 is 5.97 Å². The highest BCUT2D eigenvalue weighted by Crippen LogP contribution is 2.18. The standard InChI is InChI=1S/C16H21N3O6/c1-4-6-17-14(20)10(3)18-15(21)11-7-12(16(22)25-5-2)9-13(8-11)19(23)24/h7-10H,4-6H2,1-3H3,(H,17,20)(H,18,21). The molecule has 0 fully saturated rings.